The molecule has 6 heteroatoms. The molecule has 0 saturated heterocycles. The lowest BCUT2D eigenvalue weighted by Crippen LogP contribution is -2.31. The highest BCUT2D eigenvalue weighted by Gasteiger charge is 2.27. The van der Waals surface area contributed by atoms with Crippen LogP contribution in [0.3, 0.4) is 0 Å². The predicted octanol–water partition coefficient (Wildman–Crippen LogP) is 3.16. The van der Waals surface area contributed by atoms with Gasteiger partial charge in [0.2, 0.25) is 10.0 Å². The van der Waals surface area contributed by atoms with Gasteiger partial charge in [0.05, 0.1) is 13.2 Å². The number of ether oxygens (including phenoxy) is 2. The van der Waals surface area contributed by atoms with E-state index >= 15 is 0 Å². The molecule has 23 heavy (non-hydrogen) atoms. The lowest BCUT2D eigenvalue weighted by Gasteiger charge is -2.22. The minimum Gasteiger partial charge on any atom is -0.494 e. The van der Waals surface area contributed by atoms with Crippen LogP contribution in [0.1, 0.15) is 19.4 Å². The largest absolute Gasteiger partial charge is 0.494 e. The number of sulfonamides is 1. The second kappa shape index (κ2) is 8.74. The fourth-order valence-corrected chi connectivity index (χ4v) is 3.63. The first-order chi connectivity index (χ1) is 10.9. The van der Waals surface area contributed by atoms with Crippen molar-refractivity contribution in [1.82, 2.24) is 4.31 Å². The van der Waals surface area contributed by atoms with Crippen molar-refractivity contribution in [2.24, 2.45) is 0 Å². The van der Waals surface area contributed by atoms with E-state index in [0.29, 0.717) is 24.7 Å². The summed E-state index contributed by atoms with van der Waals surface area (Å²) in [7, 11) is -3.75. The smallest absolute Gasteiger partial charge is 0.247 e. The summed E-state index contributed by atoms with van der Waals surface area (Å²) < 4.78 is 38.3. The fourth-order valence-electron chi connectivity index (χ4n) is 2.12. The van der Waals surface area contributed by atoms with Crippen molar-refractivity contribution in [3.8, 4) is 11.5 Å². The van der Waals surface area contributed by atoms with E-state index in [0.717, 1.165) is 5.56 Å². The molecule has 0 aliphatic heterocycles. The SMILES string of the molecule is C=CCN(CC=C)S(=O)(=O)c1cc(OCC)c(C)cc1OCC. The molecule has 0 aromatic heterocycles. The minimum atomic E-state index is -3.75. The van der Waals surface area contributed by atoms with Crippen molar-refractivity contribution < 1.29 is 17.9 Å². The normalized spacial score (nSPS) is 11.3. The Labute approximate surface area is 139 Å². The second-order valence-electron chi connectivity index (χ2n) is 4.83. The average Bonchev–Trinajstić information content (AvgIpc) is 2.50. The molecule has 0 saturated carbocycles. The summed E-state index contributed by atoms with van der Waals surface area (Å²) in [5, 5.41) is 0. The number of aryl methyl sites for hydroxylation is 1. The number of rotatable bonds is 10. The third-order valence-electron chi connectivity index (χ3n) is 3.12. The maximum Gasteiger partial charge on any atom is 0.247 e. The Morgan fingerprint density at radius 2 is 1.57 bits per heavy atom. The Morgan fingerprint density at radius 1 is 1.04 bits per heavy atom. The molecule has 0 aliphatic carbocycles. The zero-order valence-electron chi connectivity index (χ0n) is 14.0. The van der Waals surface area contributed by atoms with Gasteiger partial charge in [-0.2, -0.15) is 4.31 Å². The molecular formula is C17H25NO4S. The molecule has 0 N–H and O–H groups in total. The number of benzene rings is 1. The first-order valence-electron chi connectivity index (χ1n) is 7.54. The summed E-state index contributed by atoms with van der Waals surface area (Å²) >= 11 is 0. The maximum absolute atomic E-state index is 13.0. The lowest BCUT2D eigenvalue weighted by atomic mass is 10.2. The molecule has 0 aliphatic rings. The van der Waals surface area contributed by atoms with E-state index < -0.39 is 10.0 Å². The molecule has 0 fully saturated rings. The molecule has 0 spiro atoms. The van der Waals surface area contributed by atoms with Crippen LogP contribution in [-0.2, 0) is 10.0 Å². The van der Waals surface area contributed by atoms with Crippen LogP contribution < -0.4 is 9.47 Å². The fraction of sp³-hybridized carbons (Fsp3) is 0.412. The standard InChI is InChI=1S/C17H25NO4S/c1-6-10-18(11-7-2)23(19,20)17-13-15(21-8-3)14(5)12-16(17)22-9-4/h6-7,12-13H,1-2,8-11H2,3-5H3. The Kier molecular flexibility index (Phi) is 7.32. The van der Waals surface area contributed by atoms with Gasteiger partial charge in [-0.15, -0.1) is 13.2 Å². The monoisotopic (exact) mass is 339 g/mol. The van der Waals surface area contributed by atoms with E-state index in [1.165, 1.54) is 10.4 Å². The van der Waals surface area contributed by atoms with Crippen LogP contribution in [0.2, 0.25) is 0 Å². The van der Waals surface area contributed by atoms with Crippen molar-refractivity contribution in [1.29, 1.82) is 0 Å². The van der Waals surface area contributed by atoms with Crippen LogP contribution in [0.25, 0.3) is 0 Å². The van der Waals surface area contributed by atoms with Gasteiger partial charge in [-0.25, -0.2) is 8.42 Å². The highest BCUT2D eigenvalue weighted by atomic mass is 32.2. The highest BCUT2D eigenvalue weighted by molar-refractivity contribution is 7.89. The predicted molar refractivity (Wildman–Crippen MR) is 92.7 cm³/mol. The zero-order valence-corrected chi connectivity index (χ0v) is 14.9. The van der Waals surface area contributed by atoms with Crippen molar-refractivity contribution in [2.75, 3.05) is 26.3 Å². The molecule has 0 heterocycles. The van der Waals surface area contributed by atoms with Crippen molar-refractivity contribution in [3.05, 3.63) is 43.0 Å². The highest BCUT2D eigenvalue weighted by Crippen LogP contribution is 2.33. The van der Waals surface area contributed by atoms with Gasteiger partial charge in [0.25, 0.3) is 0 Å². The maximum atomic E-state index is 13.0. The summed E-state index contributed by atoms with van der Waals surface area (Å²) in [6.45, 7) is 14.0. The third kappa shape index (κ3) is 4.59. The van der Waals surface area contributed by atoms with E-state index in [9.17, 15) is 8.42 Å². The van der Waals surface area contributed by atoms with E-state index in [1.807, 2.05) is 20.8 Å². The van der Waals surface area contributed by atoms with Crippen LogP contribution >= 0.6 is 0 Å². The molecule has 1 aromatic carbocycles. The third-order valence-corrected chi connectivity index (χ3v) is 4.98. The Balaban J connectivity index is 3.48. The molecule has 0 unspecified atom stereocenters. The Bertz CT molecular complexity index is 643. The first-order valence-corrected chi connectivity index (χ1v) is 8.98. The van der Waals surface area contributed by atoms with Gasteiger partial charge in [-0.1, -0.05) is 12.2 Å². The van der Waals surface area contributed by atoms with Gasteiger partial charge in [0, 0.05) is 19.2 Å². The summed E-state index contributed by atoms with van der Waals surface area (Å²) in [5.74, 6) is 0.860. The van der Waals surface area contributed by atoms with Gasteiger partial charge < -0.3 is 9.47 Å². The van der Waals surface area contributed by atoms with Gasteiger partial charge in [-0.3, -0.25) is 0 Å². The molecule has 1 aromatic rings. The molecule has 0 radical (unpaired) electrons. The molecule has 0 amide bonds. The Hall–Kier alpha value is -1.79. The number of hydrogen-bond donors (Lipinski definition) is 0. The topological polar surface area (TPSA) is 55.8 Å². The first kappa shape index (κ1) is 19.3. The van der Waals surface area contributed by atoms with E-state index in [-0.39, 0.29) is 18.0 Å². The quantitative estimate of drug-likeness (QED) is 0.615. The summed E-state index contributed by atoms with van der Waals surface area (Å²) in [5.41, 5.74) is 0.827. The molecule has 0 atom stereocenters. The number of hydrogen-bond acceptors (Lipinski definition) is 4. The van der Waals surface area contributed by atoms with Crippen molar-refractivity contribution in [2.45, 2.75) is 25.7 Å². The van der Waals surface area contributed by atoms with Crippen LogP contribution in [0.4, 0.5) is 0 Å². The molecular weight excluding hydrogens is 314 g/mol. The average molecular weight is 339 g/mol. The molecule has 5 nitrogen and oxygen atoms in total. The van der Waals surface area contributed by atoms with Crippen molar-refractivity contribution >= 4 is 10.0 Å². The van der Waals surface area contributed by atoms with E-state index in [1.54, 1.807) is 18.2 Å². The van der Waals surface area contributed by atoms with Gasteiger partial charge in [-0.05, 0) is 32.4 Å². The van der Waals surface area contributed by atoms with Crippen LogP contribution in [-0.4, -0.2) is 39.0 Å². The summed E-state index contributed by atoms with van der Waals surface area (Å²) in [6.07, 6.45) is 3.08. The lowest BCUT2D eigenvalue weighted by molar-refractivity contribution is 0.319. The van der Waals surface area contributed by atoms with E-state index in [4.69, 9.17) is 9.47 Å². The van der Waals surface area contributed by atoms with Crippen LogP contribution in [0, 0.1) is 6.92 Å². The van der Waals surface area contributed by atoms with Gasteiger partial charge >= 0.3 is 0 Å². The van der Waals surface area contributed by atoms with Crippen LogP contribution in [0.15, 0.2) is 42.3 Å². The summed E-state index contributed by atoms with van der Waals surface area (Å²) in [4.78, 5) is 0.0945. The molecule has 128 valence electrons. The van der Waals surface area contributed by atoms with E-state index in [2.05, 4.69) is 13.2 Å². The minimum absolute atomic E-state index is 0.0945. The van der Waals surface area contributed by atoms with Gasteiger partial charge in [0.15, 0.2) is 0 Å². The van der Waals surface area contributed by atoms with Crippen molar-refractivity contribution in [3.63, 3.8) is 0 Å². The zero-order chi connectivity index (χ0) is 17.5. The van der Waals surface area contributed by atoms with Gasteiger partial charge in [0.1, 0.15) is 16.4 Å². The Morgan fingerprint density at radius 3 is 2.04 bits per heavy atom. The molecule has 0 bridgehead atoms. The number of nitrogens with zero attached hydrogens (tertiary/aromatic N) is 1. The summed E-state index contributed by atoms with van der Waals surface area (Å²) in [6, 6.07) is 3.22. The van der Waals surface area contributed by atoms with Crippen LogP contribution in [0.5, 0.6) is 11.5 Å². The second-order valence-corrected chi connectivity index (χ2v) is 6.74. The molecule has 1 rings (SSSR count).